The van der Waals surface area contributed by atoms with Crippen LogP contribution < -0.4 is 15.2 Å². The molecule has 0 saturated heterocycles. The monoisotopic (exact) mass is 337 g/mol. The molecule has 1 aromatic rings. The normalized spacial score (nSPS) is 12.2. The number of hydrogen-bond donors (Lipinski definition) is 4. The Balaban J connectivity index is 2.93. The van der Waals surface area contributed by atoms with Crippen LogP contribution in [0.2, 0.25) is 0 Å². The highest BCUT2D eigenvalue weighted by Crippen LogP contribution is 2.19. The molecule has 5 N–H and O–H groups in total. The van der Waals surface area contributed by atoms with Crippen molar-refractivity contribution < 1.29 is 26.7 Å². The maximum absolute atomic E-state index is 12.0. The summed E-state index contributed by atoms with van der Waals surface area (Å²) in [5.74, 6) is -1.41. The van der Waals surface area contributed by atoms with E-state index in [9.17, 15) is 21.6 Å². The first-order valence-electron chi connectivity index (χ1n) is 5.60. The van der Waals surface area contributed by atoms with E-state index in [1.54, 1.807) is 0 Å². The van der Waals surface area contributed by atoms with Gasteiger partial charge >= 0.3 is 5.97 Å². The summed E-state index contributed by atoms with van der Waals surface area (Å²) < 4.78 is 49.9. The summed E-state index contributed by atoms with van der Waals surface area (Å²) in [7, 11) is -7.56. The highest BCUT2D eigenvalue weighted by molar-refractivity contribution is 7.89. The van der Waals surface area contributed by atoms with Crippen LogP contribution in [0.3, 0.4) is 0 Å². The van der Waals surface area contributed by atoms with Crippen molar-refractivity contribution >= 4 is 31.7 Å². The van der Waals surface area contributed by atoms with E-state index in [-0.39, 0.29) is 18.8 Å². The molecule has 0 unspecified atom stereocenters. The van der Waals surface area contributed by atoms with E-state index in [0.29, 0.717) is 0 Å². The van der Waals surface area contributed by atoms with Gasteiger partial charge in [0.15, 0.2) is 0 Å². The Labute approximate surface area is 122 Å². The Kier molecular flexibility index (Phi) is 5.28. The van der Waals surface area contributed by atoms with Gasteiger partial charge in [-0.05, 0) is 18.2 Å². The molecule has 0 aliphatic carbocycles. The minimum atomic E-state index is -4.12. The summed E-state index contributed by atoms with van der Waals surface area (Å²) in [5, 5.41) is 8.97. The molecule has 0 bridgehead atoms. The van der Waals surface area contributed by atoms with Crippen LogP contribution >= 0.6 is 0 Å². The fourth-order valence-electron chi connectivity index (χ4n) is 1.44. The van der Waals surface area contributed by atoms with Gasteiger partial charge < -0.3 is 10.8 Å². The van der Waals surface area contributed by atoms with Crippen molar-refractivity contribution in [3.8, 4) is 0 Å². The van der Waals surface area contributed by atoms with Gasteiger partial charge in [-0.15, -0.1) is 0 Å². The van der Waals surface area contributed by atoms with Crippen molar-refractivity contribution in [2.75, 3.05) is 25.1 Å². The smallest absolute Gasteiger partial charge is 0.337 e. The van der Waals surface area contributed by atoms with E-state index in [1.165, 1.54) is 6.07 Å². The summed E-state index contributed by atoms with van der Waals surface area (Å²) >= 11 is 0. The minimum Gasteiger partial charge on any atom is -0.478 e. The summed E-state index contributed by atoms with van der Waals surface area (Å²) in [6.07, 6.45) is 0.932. The van der Waals surface area contributed by atoms with Gasteiger partial charge in [-0.1, -0.05) is 0 Å². The summed E-state index contributed by atoms with van der Waals surface area (Å²) in [4.78, 5) is 10.5. The molecule has 11 heteroatoms. The highest BCUT2D eigenvalue weighted by Gasteiger charge is 2.22. The molecule has 1 rings (SSSR count). The molecule has 1 aromatic carbocycles. The van der Waals surface area contributed by atoms with Crippen molar-refractivity contribution in [1.29, 1.82) is 0 Å². The van der Waals surface area contributed by atoms with Crippen LogP contribution in [-0.4, -0.2) is 47.3 Å². The Morgan fingerprint density at radius 2 is 1.76 bits per heavy atom. The summed E-state index contributed by atoms with van der Waals surface area (Å²) in [5.41, 5.74) is 5.13. The third-order valence-electron chi connectivity index (χ3n) is 2.31. The number of carboxylic acid groups (broad SMARTS) is 1. The summed E-state index contributed by atoms with van der Waals surface area (Å²) in [6, 6.07) is 3.38. The number of hydrogen-bond acceptors (Lipinski definition) is 6. The Hall–Kier alpha value is -1.69. The number of nitrogens with one attached hydrogen (secondary N) is 2. The predicted octanol–water partition coefficient (Wildman–Crippen LogP) is -1.21. The van der Waals surface area contributed by atoms with Crippen molar-refractivity contribution in [3.05, 3.63) is 23.8 Å². The average molecular weight is 337 g/mol. The second-order valence-corrected chi connectivity index (χ2v) is 7.69. The van der Waals surface area contributed by atoms with Gasteiger partial charge in [-0.25, -0.2) is 31.1 Å². The van der Waals surface area contributed by atoms with Gasteiger partial charge in [0, 0.05) is 18.8 Å². The van der Waals surface area contributed by atoms with Crippen LogP contribution in [0.15, 0.2) is 23.1 Å². The molecular formula is C10H15N3O6S2. The molecule has 0 aliphatic heterocycles. The van der Waals surface area contributed by atoms with Gasteiger partial charge in [-0.3, -0.25) is 0 Å². The van der Waals surface area contributed by atoms with Gasteiger partial charge in [0.1, 0.15) is 0 Å². The van der Waals surface area contributed by atoms with Crippen molar-refractivity contribution in [2.45, 2.75) is 4.90 Å². The Morgan fingerprint density at radius 3 is 2.29 bits per heavy atom. The first-order chi connectivity index (χ1) is 9.53. The van der Waals surface area contributed by atoms with Gasteiger partial charge in [0.25, 0.3) is 0 Å². The minimum absolute atomic E-state index is 0.0923. The molecule has 0 spiro atoms. The standard InChI is InChI=1S/C10H15N3O6S2/c1-20(16,17)12-4-5-13-21(18,19)9-6-7(11)2-3-8(9)10(14)15/h2-3,6,12-13H,4-5,11H2,1H3,(H,14,15). The zero-order chi connectivity index (χ0) is 16.3. The molecule has 118 valence electrons. The molecule has 0 atom stereocenters. The summed E-state index contributed by atoms with van der Waals surface area (Å²) in [6.45, 7) is -0.397. The molecule has 0 aromatic heterocycles. The SMILES string of the molecule is CS(=O)(=O)NCCNS(=O)(=O)c1cc(N)ccc1C(=O)O. The molecule has 9 nitrogen and oxygen atoms in total. The lowest BCUT2D eigenvalue weighted by molar-refractivity contribution is 0.0692. The molecule has 0 saturated carbocycles. The third kappa shape index (κ3) is 5.30. The molecule has 21 heavy (non-hydrogen) atoms. The number of nitrogens with two attached hydrogens (primary N) is 1. The fourth-order valence-corrected chi connectivity index (χ4v) is 3.17. The second kappa shape index (κ2) is 6.39. The number of carboxylic acids is 1. The molecule has 0 aliphatic rings. The molecule has 0 heterocycles. The number of carbonyl (C=O) groups is 1. The number of rotatable bonds is 7. The number of sulfonamides is 2. The van der Waals surface area contributed by atoms with Gasteiger partial charge in [-0.2, -0.15) is 0 Å². The molecule has 0 fully saturated rings. The van der Waals surface area contributed by atoms with Gasteiger partial charge in [0.2, 0.25) is 20.0 Å². The van der Waals surface area contributed by atoms with E-state index in [0.717, 1.165) is 18.4 Å². The lowest BCUT2D eigenvalue weighted by Crippen LogP contribution is -2.34. The van der Waals surface area contributed by atoms with E-state index in [4.69, 9.17) is 10.8 Å². The second-order valence-electron chi connectivity index (χ2n) is 4.13. The average Bonchev–Trinajstić information content (AvgIpc) is 2.33. The molecule has 0 amide bonds. The van der Waals surface area contributed by atoms with E-state index in [1.807, 2.05) is 0 Å². The van der Waals surface area contributed by atoms with Crippen molar-refractivity contribution in [2.24, 2.45) is 0 Å². The van der Waals surface area contributed by atoms with Crippen LogP contribution in [0.5, 0.6) is 0 Å². The number of benzene rings is 1. The van der Waals surface area contributed by atoms with E-state index in [2.05, 4.69) is 9.44 Å². The molecule has 0 radical (unpaired) electrons. The first-order valence-corrected chi connectivity index (χ1v) is 8.97. The predicted molar refractivity (Wildman–Crippen MR) is 75.8 cm³/mol. The van der Waals surface area contributed by atoms with Crippen LogP contribution in [0, 0.1) is 0 Å². The van der Waals surface area contributed by atoms with Crippen LogP contribution in [-0.2, 0) is 20.0 Å². The van der Waals surface area contributed by atoms with Crippen molar-refractivity contribution in [3.63, 3.8) is 0 Å². The quantitative estimate of drug-likeness (QED) is 0.359. The number of aromatic carboxylic acids is 1. The largest absolute Gasteiger partial charge is 0.478 e. The van der Waals surface area contributed by atoms with Crippen LogP contribution in [0.1, 0.15) is 10.4 Å². The van der Waals surface area contributed by atoms with E-state index < -0.39 is 36.5 Å². The maximum Gasteiger partial charge on any atom is 0.337 e. The van der Waals surface area contributed by atoms with Crippen molar-refractivity contribution in [1.82, 2.24) is 9.44 Å². The number of anilines is 1. The van der Waals surface area contributed by atoms with Gasteiger partial charge in [0.05, 0.1) is 16.7 Å². The lowest BCUT2D eigenvalue weighted by Gasteiger charge is -2.10. The topological polar surface area (TPSA) is 156 Å². The Bertz CT molecular complexity index is 742. The van der Waals surface area contributed by atoms with Crippen LogP contribution in [0.4, 0.5) is 5.69 Å². The van der Waals surface area contributed by atoms with E-state index >= 15 is 0 Å². The molecular weight excluding hydrogens is 322 g/mol. The number of nitrogen functional groups attached to an aromatic ring is 1. The lowest BCUT2D eigenvalue weighted by atomic mass is 10.2. The Morgan fingerprint density at radius 1 is 1.19 bits per heavy atom. The van der Waals surface area contributed by atoms with Crippen LogP contribution in [0.25, 0.3) is 0 Å². The third-order valence-corrected chi connectivity index (χ3v) is 4.54. The highest BCUT2D eigenvalue weighted by atomic mass is 32.2. The zero-order valence-corrected chi connectivity index (χ0v) is 12.7. The maximum atomic E-state index is 12.0. The first kappa shape index (κ1) is 17.4. The fraction of sp³-hybridized carbons (Fsp3) is 0.300. The zero-order valence-electron chi connectivity index (χ0n) is 11.0.